The largest absolute Gasteiger partial charge is 0.419 e. The number of para-hydroxylation sites is 2. The van der Waals surface area contributed by atoms with E-state index < -0.39 is 0 Å². The van der Waals surface area contributed by atoms with Crippen molar-refractivity contribution in [2.45, 2.75) is 26.8 Å². The van der Waals surface area contributed by atoms with Gasteiger partial charge in [0, 0.05) is 34.9 Å². The Hall–Kier alpha value is -4.64. The van der Waals surface area contributed by atoms with E-state index in [0.29, 0.717) is 19.0 Å². The maximum Gasteiger partial charge on any atom is 0.305 e. The molecule has 5 aromatic rings. The number of fused-ring (bicyclic) bond motifs is 3. The predicted molar refractivity (Wildman–Crippen MR) is 154 cm³/mol. The molecule has 6 rings (SSSR count). The number of rotatable bonds is 6. The Morgan fingerprint density at radius 3 is 2.39 bits per heavy atom. The van der Waals surface area contributed by atoms with E-state index >= 15 is 0 Å². The summed E-state index contributed by atoms with van der Waals surface area (Å²) in [5, 5.41) is 2.37. The van der Waals surface area contributed by atoms with Crippen LogP contribution < -0.4 is 0 Å². The number of carbonyl (C=O) groups excluding carboxylic acids is 1. The number of nitrogens with zero attached hydrogens (tertiary/aromatic N) is 3. The van der Waals surface area contributed by atoms with Crippen LogP contribution in [-0.4, -0.2) is 27.9 Å². The van der Waals surface area contributed by atoms with Gasteiger partial charge >= 0.3 is 6.02 Å². The minimum absolute atomic E-state index is 0.177. The van der Waals surface area contributed by atoms with E-state index in [1.54, 1.807) is 4.90 Å². The highest BCUT2D eigenvalue weighted by Crippen LogP contribution is 2.31. The molecule has 0 bridgehead atoms. The average Bonchev–Trinajstić information content (AvgIpc) is 3.42. The second-order valence-electron chi connectivity index (χ2n) is 9.52. The number of carbonyl (C=O) groups is 1. The first-order valence-electron chi connectivity index (χ1n) is 13.0. The fraction of sp³-hybridized carbons (Fsp3) is 0.152. The summed E-state index contributed by atoms with van der Waals surface area (Å²) in [7, 11) is 0. The maximum atomic E-state index is 13.6. The number of hydrogen-bond donors (Lipinski definition) is 0. The lowest BCUT2D eigenvalue weighted by Gasteiger charge is -2.13. The van der Waals surface area contributed by atoms with E-state index in [1.165, 1.54) is 16.4 Å². The zero-order chi connectivity index (χ0) is 26.1. The van der Waals surface area contributed by atoms with Crippen LogP contribution >= 0.6 is 0 Å². The standard InChI is InChI=1S/C33H29N3O2/c1-3-35-29-16-10-8-14-26(29)27-21-25(17-18-30(27)35)22-31-32(37)36(20-19-24-12-5-4-6-13-24)33(38-31)34-28-15-9-7-11-23(28)2/h4-18,21-22H,3,19-20H2,1-2H3/b31-22+,34-33-. The van der Waals surface area contributed by atoms with Gasteiger partial charge in [-0.25, -0.2) is 0 Å². The van der Waals surface area contributed by atoms with E-state index in [9.17, 15) is 4.79 Å². The number of aliphatic imine (C=N–C) groups is 1. The van der Waals surface area contributed by atoms with E-state index in [4.69, 9.17) is 9.73 Å². The van der Waals surface area contributed by atoms with Crippen LogP contribution in [0, 0.1) is 6.92 Å². The van der Waals surface area contributed by atoms with Gasteiger partial charge in [0.15, 0.2) is 5.76 Å². The Bertz CT molecular complexity index is 1710. The molecule has 1 fully saturated rings. The van der Waals surface area contributed by atoms with E-state index in [1.807, 2.05) is 61.5 Å². The monoisotopic (exact) mass is 499 g/mol. The highest BCUT2D eigenvalue weighted by atomic mass is 16.5. The second-order valence-corrected chi connectivity index (χ2v) is 9.52. The van der Waals surface area contributed by atoms with Crippen molar-refractivity contribution < 1.29 is 9.53 Å². The van der Waals surface area contributed by atoms with E-state index in [-0.39, 0.29) is 11.7 Å². The van der Waals surface area contributed by atoms with Gasteiger partial charge in [0.2, 0.25) is 0 Å². The molecule has 0 aliphatic carbocycles. The SMILES string of the molecule is CCn1c2ccccc2c2cc(/C=C3/O/C(=N\c4ccccc4C)N(CCc4ccccc4)C3=O)ccc21. The quantitative estimate of drug-likeness (QED) is 0.231. The number of aryl methyl sites for hydroxylation is 2. The van der Waals surface area contributed by atoms with Crippen LogP contribution in [0.1, 0.15) is 23.6 Å². The highest BCUT2D eigenvalue weighted by molar-refractivity contribution is 6.13. The molecule has 1 saturated heterocycles. The summed E-state index contributed by atoms with van der Waals surface area (Å²) in [6.07, 6.45) is 2.54. The number of benzene rings is 4. The molecular weight excluding hydrogens is 470 g/mol. The Labute approximate surface area is 222 Å². The molecule has 2 heterocycles. The third-order valence-corrected chi connectivity index (χ3v) is 7.10. The molecule has 188 valence electrons. The van der Waals surface area contributed by atoms with Crippen molar-refractivity contribution in [1.82, 2.24) is 9.47 Å². The first-order valence-corrected chi connectivity index (χ1v) is 13.0. The van der Waals surface area contributed by atoms with Gasteiger partial charge < -0.3 is 9.30 Å². The summed E-state index contributed by atoms with van der Waals surface area (Å²) < 4.78 is 8.46. The summed E-state index contributed by atoms with van der Waals surface area (Å²) in [5.41, 5.74) is 6.28. The lowest BCUT2D eigenvalue weighted by Crippen LogP contribution is -2.31. The van der Waals surface area contributed by atoms with Gasteiger partial charge in [-0.15, -0.1) is 0 Å². The molecule has 0 N–H and O–H groups in total. The van der Waals surface area contributed by atoms with Gasteiger partial charge in [-0.3, -0.25) is 9.69 Å². The summed E-state index contributed by atoms with van der Waals surface area (Å²) in [6.45, 7) is 5.53. The van der Waals surface area contributed by atoms with Crippen molar-refractivity contribution in [3.05, 3.63) is 120 Å². The lowest BCUT2D eigenvalue weighted by atomic mass is 10.1. The summed E-state index contributed by atoms with van der Waals surface area (Å²) in [6, 6.07) is 33.1. The average molecular weight is 500 g/mol. The van der Waals surface area contributed by atoms with Crippen LogP contribution in [0.25, 0.3) is 27.9 Å². The molecule has 38 heavy (non-hydrogen) atoms. The fourth-order valence-electron chi connectivity index (χ4n) is 5.12. The number of aromatic nitrogens is 1. The molecule has 1 aliphatic rings. The van der Waals surface area contributed by atoms with Gasteiger partial charge in [-0.2, -0.15) is 4.99 Å². The van der Waals surface area contributed by atoms with Gasteiger partial charge in [0.25, 0.3) is 5.91 Å². The van der Waals surface area contributed by atoms with Crippen LogP contribution in [-0.2, 0) is 22.5 Å². The Morgan fingerprint density at radius 2 is 1.58 bits per heavy atom. The third-order valence-electron chi connectivity index (χ3n) is 7.10. The second kappa shape index (κ2) is 10.0. The van der Waals surface area contributed by atoms with E-state index in [2.05, 4.69) is 60.0 Å². The lowest BCUT2D eigenvalue weighted by molar-refractivity contribution is -0.122. The molecule has 0 radical (unpaired) electrons. The van der Waals surface area contributed by atoms with Crippen LogP contribution in [0.5, 0.6) is 0 Å². The minimum atomic E-state index is -0.177. The first-order chi connectivity index (χ1) is 18.6. The molecule has 0 atom stereocenters. The van der Waals surface area contributed by atoms with Crippen LogP contribution in [0.2, 0.25) is 0 Å². The third kappa shape index (κ3) is 4.37. The smallest absolute Gasteiger partial charge is 0.305 e. The Kier molecular flexibility index (Phi) is 6.26. The summed E-state index contributed by atoms with van der Waals surface area (Å²) in [5.74, 6) is 0.105. The zero-order valence-corrected chi connectivity index (χ0v) is 21.6. The summed E-state index contributed by atoms with van der Waals surface area (Å²) >= 11 is 0. The minimum Gasteiger partial charge on any atom is -0.419 e. The molecule has 0 saturated carbocycles. The maximum absolute atomic E-state index is 13.6. The molecule has 1 aromatic heterocycles. The van der Waals surface area contributed by atoms with Crippen LogP contribution in [0.15, 0.2) is 108 Å². The van der Waals surface area contributed by atoms with Crippen molar-refractivity contribution >= 4 is 45.5 Å². The number of ether oxygens (including phenoxy) is 1. The molecule has 0 unspecified atom stereocenters. The van der Waals surface area contributed by atoms with Crippen molar-refractivity contribution in [2.75, 3.05) is 6.54 Å². The molecule has 5 nitrogen and oxygen atoms in total. The predicted octanol–water partition coefficient (Wildman–Crippen LogP) is 7.25. The van der Waals surface area contributed by atoms with Crippen molar-refractivity contribution in [3.63, 3.8) is 0 Å². The van der Waals surface area contributed by atoms with Crippen LogP contribution in [0.3, 0.4) is 0 Å². The number of hydrogen-bond acceptors (Lipinski definition) is 3. The first kappa shape index (κ1) is 23.7. The van der Waals surface area contributed by atoms with Crippen molar-refractivity contribution in [1.29, 1.82) is 0 Å². The highest BCUT2D eigenvalue weighted by Gasteiger charge is 2.34. The fourth-order valence-corrected chi connectivity index (χ4v) is 5.12. The van der Waals surface area contributed by atoms with Crippen molar-refractivity contribution in [2.24, 2.45) is 4.99 Å². The van der Waals surface area contributed by atoms with Gasteiger partial charge in [0.05, 0.1) is 5.69 Å². The van der Waals surface area contributed by atoms with Gasteiger partial charge in [-0.1, -0.05) is 72.8 Å². The number of amidine groups is 1. The molecule has 5 heteroatoms. The normalized spacial score (nSPS) is 15.7. The number of amides is 1. The van der Waals surface area contributed by atoms with Crippen molar-refractivity contribution in [3.8, 4) is 0 Å². The van der Waals surface area contributed by atoms with Gasteiger partial charge in [-0.05, 0) is 67.3 Å². The van der Waals surface area contributed by atoms with E-state index in [0.717, 1.165) is 34.3 Å². The topological polar surface area (TPSA) is 46.8 Å². The zero-order valence-electron chi connectivity index (χ0n) is 21.6. The molecule has 0 spiro atoms. The van der Waals surface area contributed by atoms with Gasteiger partial charge in [0.1, 0.15) is 0 Å². The Morgan fingerprint density at radius 1 is 0.842 bits per heavy atom. The van der Waals surface area contributed by atoms with Crippen LogP contribution in [0.4, 0.5) is 5.69 Å². The Balaban J connectivity index is 1.38. The summed E-state index contributed by atoms with van der Waals surface area (Å²) in [4.78, 5) is 20.0. The molecule has 4 aromatic carbocycles. The molecular formula is C33H29N3O2. The molecule has 1 aliphatic heterocycles. The molecule has 1 amide bonds.